The highest BCUT2D eigenvalue weighted by atomic mass is 16.2. The summed E-state index contributed by atoms with van der Waals surface area (Å²) in [5.74, 6) is 0.238. The van der Waals surface area contributed by atoms with Gasteiger partial charge in [-0.3, -0.25) is 4.79 Å². The monoisotopic (exact) mass is 297 g/mol. The van der Waals surface area contributed by atoms with Crippen molar-refractivity contribution in [3.63, 3.8) is 0 Å². The summed E-state index contributed by atoms with van der Waals surface area (Å²) in [5.41, 5.74) is 3.03. The van der Waals surface area contributed by atoms with Crippen LogP contribution in [0.3, 0.4) is 0 Å². The standard InChI is InChI=1S/C18H23N3O/c1-14-4-5-17(20-8-2-3-9-20)16(12-14)18(22)21-10-6-15(13-19)7-11-21/h4-5,12,15H,2-3,6-11H2,1H3. The van der Waals surface area contributed by atoms with Crippen molar-refractivity contribution in [1.82, 2.24) is 4.90 Å². The number of benzene rings is 1. The Hall–Kier alpha value is -2.02. The van der Waals surface area contributed by atoms with Crippen molar-refractivity contribution in [3.05, 3.63) is 29.3 Å². The fourth-order valence-corrected chi connectivity index (χ4v) is 3.44. The number of carbonyl (C=O) groups is 1. The van der Waals surface area contributed by atoms with Gasteiger partial charge >= 0.3 is 0 Å². The molecule has 2 aliphatic heterocycles. The minimum Gasteiger partial charge on any atom is -0.371 e. The molecular weight excluding hydrogens is 274 g/mol. The second-order valence-corrected chi connectivity index (χ2v) is 6.41. The molecular formula is C18H23N3O. The Bertz CT molecular complexity index is 591. The zero-order valence-electron chi connectivity index (χ0n) is 13.2. The van der Waals surface area contributed by atoms with Crippen LogP contribution in [0.15, 0.2) is 18.2 Å². The predicted octanol–water partition coefficient (Wildman–Crippen LogP) is 2.97. The van der Waals surface area contributed by atoms with E-state index in [1.54, 1.807) is 0 Å². The summed E-state index contributed by atoms with van der Waals surface area (Å²) in [6.45, 7) is 5.51. The molecule has 4 heteroatoms. The second-order valence-electron chi connectivity index (χ2n) is 6.41. The molecule has 0 atom stereocenters. The Balaban J connectivity index is 1.82. The van der Waals surface area contributed by atoms with Crippen LogP contribution in [0.2, 0.25) is 0 Å². The molecule has 0 unspecified atom stereocenters. The first kappa shape index (κ1) is 14.9. The SMILES string of the molecule is Cc1ccc(N2CCCC2)c(C(=O)N2CCC(C#N)CC2)c1. The van der Waals surface area contributed by atoms with Gasteiger partial charge in [0, 0.05) is 37.8 Å². The molecule has 0 aliphatic carbocycles. The summed E-state index contributed by atoms with van der Waals surface area (Å²) < 4.78 is 0. The lowest BCUT2D eigenvalue weighted by Gasteiger charge is -2.31. The highest BCUT2D eigenvalue weighted by Crippen LogP contribution is 2.28. The van der Waals surface area contributed by atoms with Crippen molar-refractivity contribution in [3.8, 4) is 6.07 Å². The van der Waals surface area contributed by atoms with E-state index in [1.807, 2.05) is 17.9 Å². The molecule has 0 radical (unpaired) electrons. The lowest BCUT2D eigenvalue weighted by molar-refractivity contribution is 0.0708. The van der Waals surface area contributed by atoms with Crippen LogP contribution in [0.5, 0.6) is 0 Å². The molecule has 0 bridgehead atoms. The number of piperidine rings is 1. The summed E-state index contributed by atoms with van der Waals surface area (Å²) in [4.78, 5) is 17.2. The van der Waals surface area contributed by atoms with E-state index in [9.17, 15) is 4.79 Å². The topological polar surface area (TPSA) is 47.3 Å². The smallest absolute Gasteiger partial charge is 0.255 e. The molecule has 1 amide bonds. The number of nitriles is 1. The van der Waals surface area contributed by atoms with Crippen LogP contribution in [0, 0.1) is 24.2 Å². The van der Waals surface area contributed by atoms with Crippen molar-refractivity contribution >= 4 is 11.6 Å². The van der Waals surface area contributed by atoms with E-state index in [-0.39, 0.29) is 11.8 Å². The number of nitrogens with zero attached hydrogens (tertiary/aromatic N) is 3. The van der Waals surface area contributed by atoms with E-state index in [0.29, 0.717) is 13.1 Å². The average Bonchev–Trinajstić information content (AvgIpc) is 3.08. The Kier molecular flexibility index (Phi) is 4.33. The van der Waals surface area contributed by atoms with Crippen molar-refractivity contribution in [2.24, 2.45) is 5.92 Å². The number of rotatable bonds is 2. The lowest BCUT2D eigenvalue weighted by Crippen LogP contribution is -2.39. The number of hydrogen-bond acceptors (Lipinski definition) is 3. The van der Waals surface area contributed by atoms with Crippen LogP contribution in [-0.4, -0.2) is 37.0 Å². The molecule has 3 rings (SSSR count). The van der Waals surface area contributed by atoms with Gasteiger partial charge in [0.2, 0.25) is 0 Å². The van der Waals surface area contributed by atoms with Gasteiger partial charge in [-0.2, -0.15) is 5.26 Å². The van der Waals surface area contributed by atoms with E-state index in [0.717, 1.165) is 42.7 Å². The van der Waals surface area contributed by atoms with Crippen molar-refractivity contribution < 1.29 is 4.79 Å². The minimum atomic E-state index is 0.111. The Morgan fingerprint density at radius 1 is 1.18 bits per heavy atom. The van der Waals surface area contributed by atoms with Gasteiger partial charge in [-0.25, -0.2) is 0 Å². The van der Waals surface area contributed by atoms with Gasteiger partial charge in [0.15, 0.2) is 0 Å². The summed E-state index contributed by atoms with van der Waals surface area (Å²) in [7, 11) is 0. The van der Waals surface area contributed by atoms with Crippen LogP contribution in [-0.2, 0) is 0 Å². The predicted molar refractivity (Wildman–Crippen MR) is 86.9 cm³/mol. The third-order valence-electron chi connectivity index (χ3n) is 4.79. The molecule has 2 saturated heterocycles. The summed E-state index contributed by atoms with van der Waals surface area (Å²) in [5, 5.41) is 9.00. The minimum absolute atomic E-state index is 0.111. The number of aryl methyl sites for hydroxylation is 1. The third kappa shape index (κ3) is 2.94. The molecule has 1 aromatic rings. The first-order valence-electron chi connectivity index (χ1n) is 8.23. The number of anilines is 1. The molecule has 2 fully saturated rings. The largest absolute Gasteiger partial charge is 0.371 e. The molecule has 0 N–H and O–H groups in total. The normalized spacial score (nSPS) is 19.3. The van der Waals surface area contributed by atoms with E-state index in [4.69, 9.17) is 5.26 Å². The highest BCUT2D eigenvalue weighted by molar-refractivity contribution is 6.00. The van der Waals surface area contributed by atoms with E-state index < -0.39 is 0 Å². The highest BCUT2D eigenvalue weighted by Gasteiger charge is 2.26. The number of carbonyl (C=O) groups excluding carboxylic acids is 1. The molecule has 2 heterocycles. The molecule has 22 heavy (non-hydrogen) atoms. The molecule has 116 valence electrons. The maximum Gasteiger partial charge on any atom is 0.255 e. The van der Waals surface area contributed by atoms with Gasteiger partial charge in [0.1, 0.15) is 0 Å². The maximum atomic E-state index is 12.9. The van der Waals surface area contributed by atoms with Gasteiger partial charge in [0.05, 0.1) is 11.6 Å². The molecule has 0 spiro atoms. The van der Waals surface area contributed by atoms with Crippen molar-refractivity contribution in [2.45, 2.75) is 32.6 Å². The molecule has 4 nitrogen and oxygen atoms in total. The summed E-state index contributed by atoms with van der Waals surface area (Å²) >= 11 is 0. The fraction of sp³-hybridized carbons (Fsp3) is 0.556. The second kappa shape index (κ2) is 6.39. The van der Waals surface area contributed by atoms with E-state index >= 15 is 0 Å². The van der Waals surface area contributed by atoms with E-state index in [2.05, 4.69) is 23.1 Å². The summed E-state index contributed by atoms with van der Waals surface area (Å²) in [6.07, 6.45) is 4.00. The lowest BCUT2D eigenvalue weighted by atomic mass is 9.97. The Labute approximate surface area is 132 Å². The molecule has 2 aliphatic rings. The fourth-order valence-electron chi connectivity index (χ4n) is 3.44. The first-order valence-corrected chi connectivity index (χ1v) is 8.23. The molecule has 0 saturated carbocycles. The van der Waals surface area contributed by atoms with Crippen molar-refractivity contribution in [1.29, 1.82) is 5.26 Å². The first-order chi connectivity index (χ1) is 10.7. The zero-order chi connectivity index (χ0) is 15.5. The van der Waals surface area contributed by atoms with Gasteiger partial charge < -0.3 is 9.80 Å². The van der Waals surface area contributed by atoms with Gasteiger partial charge in [-0.1, -0.05) is 11.6 Å². The Morgan fingerprint density at radius 2 is 1.86 bits per heavy atom. The van der Waals surface area contributed by atoms with Crippen LogP contribution < -0.4 is 4.90 Å². The van der Waals surface area contributed by atoms with Crippen LogP contribution in [0.1, 0.15) is 41.6 Å². The summed E-state index contributed by atoms with van der Waals surface area (Å²) in [6, 6.07) is 8.53. The maximum absolute atomic E-state index is 12.9. The number of likely N-dealkylation sites (tertiary alicyclic amines) is 1. The van der Waals surface area contributed by atoms with Crippen LogP contribution >= 0.6 is 0 Å². The van der Waals surface area contributed by atoms with Gasteiger partial charge in [-0.05, 0) is 44.7 Å². The van der Waals surface area contributed by atoms with Gasteiger partial charge in [0.25, 0.3) is 5.91 Å². The number of amides is 1. The molecule has 1 aromatic carbocycles. The number of hydrogen-bond donors (Lipinski definition) is 0. The van der Waals surface area contributed by atoms with E-state index in [1.165, 1.54) is 12.8 Å². The Morgan fingerprint density at radius 3 is 2.50 bits per heavy atom. The quantitative estimate of drug-likeness (QED) is 0.843. The van der Waals surface area contributed by atoms with Crippen molar-refractivity contribution in [2.75, 3.05) is 31.1 Å². The van der Waals surface area contributed by atoms with Crippen LogP contribution in [0.25, 0.3) is 0 Å². The average molecular weight is 297 g/mol. The van der Waals surface area contributed by atoms with Gasteiger partial charge in [-0.15, -0.1) is 0 Å². The third-order valence-corrected chi connectivity index (χ3v) is 4.79. The van der Waals surface area contributed by atoms with Crippen LogP contribution in [0.4, 0.5) is 5.69 Å². The molecule has 0 aromatic heterocycles. The zero-order valence-corrected chi connectivity index (χ0v) is 13.2.